The number of benzene rings is 1. The van der Waals surface area contributed by atoms with Gasteiger partial charge in [-0.05, 0) is 37.6 Å². The minimum atomic E-state index is -0.295. The fourth-order valence-electron chi connectivity index (χ4n) is 2.10. The van der Waals surface area contributed by atoms with Gasteiger partial charge in [0.2, 0.25) is 0 Å². The molecule has 122 valence electrons. The topological polar surface area (TPSA) is 75.4 Å². The Morgan fingerprint density at radius 1 is 1.22 bits per heavy atom. The van der Waals surface area contributed by atoms with E-state index in [-0.39, 0.29) is 11.8 Å². The van der Waals surface area contributed by atoms with Crippen molar-refractivity contribution in [1.29, 1.82) is 0 Å². The van der Waals surface area contributed by atoms with E-state index in [0.717, 1.165) is 19.4 Å². The van der Waals surface area contributed by atoms with Gasteiger partial charge in [-0.15, -0.1) is 0 Å². The van der Waals surface area contributed by atoms with Gasteiger partial charge in [0.1, 0.15) is 5.76 Å². The summed E-state index contributed by atoms with van der Waals surface area (Å²) in [6.45, 7) is 4.56. The van der Waals surface area contributed by atoms with Gasteiger partial charge in [0.05, 0.1) is 0 Å². The summed E-state index contributed by atoms with van der Waals surface area (Å²) in [5.74, 6) is 0.650. The molecule has 0 spiro atoms. The predicted molar refractivity (Wildman–Crippen MR) is 87.5 cm³/mol. The first-order valence-corrected chi connectivity index (χ1v) is 7.61. The quantitative estimate of drug-likeness (QED) is 0.888. The monoisotopic (exact) mass is 315 g/mol. The Bertz CT molecular complexity index is 677. The SMILES string of the molecule is CCCCN(C)C(=O)c1ccc(C(=O)Nc2cc(C)on2)cc1. The van der Waals surface area contributed by atoms with Crippen LogP contribution < -0.4 is 5.32 Å². The van der Waals surface area contributed by atoms with Crippen molar-refractivity contribution >= 4 is 17.6 Å². The zero-order valence-electron chi connectivity index (χ0n) is 13.6. The molecule has 1 heterocycles. The Morgan fingerprint density at radius 2 is 1.87 bits per heavy atom. The molecular formula is C17H21N3O3. The first-order chi connectivity index (χ1) is 11.0. The molecule has 0 atom stereocenters. The molecule has 0 unspecified atom stereocenters. The number of aromatic nitrogens is 1. The van der Waals surface area contributed by atoms with Gasteiger partial charge in [-0.3, -0.25) is 9.59 Å². The average Bonchev–Trinajstić information content (AvgIpc) is 2.96. The molecule has 2 rings (SSSR count). The minimum Gasteiger partial charge on any atom is -0.360 e. The largest absolute Gasteiger partial charge is 0.360 e. The van der Waals surface area contributed by atoms with Crippen molar-refractivity contribution in [3.63, 3.8) is 0 Å². The van der Waals surface area contributed by atoms with Crippen LogP contribution in [0.2, 0.25) is 0 Å². The summed E-state index contributed by atoms with van der Waals surface area (Å²) in [4.78, 5) is 26.0. The fraction of sp³-hybridized carbons (Fsp3) is 0.353. The second kappa shape index (κ2) is 7.58. The number of nitrogens with zero attached hydrogens (tertiary/aromatic N) is 2. The summed E-state index contributed by atoms with van der Waals surface area (Å²) in [6.07, 6.45) is 2.01. The molecule has 0 saturated heterocycles. The lowest BCUT2D eigenvalue weighted by Crippen LogP contribution is -2.27. The second-order valence-corrected chi connectivity index (χ2v) is 5.43. The van der Waals surface area contributed by atoms with E-state index in [4.69, 9.17) is 4.52 Å². The highest BCUT2D eigenvalue weighted by atomic mass is 16.5. The molecule has 0 bridgehead atoms. The number of hydrogen-bond donors (Lipinski definition) is 1. The van der Waals surface area contributed by atoms with Crippen molar-refractivity contribution in [3.05, 3.63) is 47.2 Å². The van der Waals surface area contributed by atoms with Crippen molar-refractivity contribution in [3.8, 4) is 0 Å². The zero-order valence-corrected chi connectivity index (χ0v) is 13.6. The lowest BCUT2D eigenvalue weighted by atomic mass is 10.1. The molecule has 2 aromatic rings. The first kappa shape index (κ1) is 16.7. The summed E-state index contributed by atoms with van der Waals surface area (Å²) < 4.78 is 4.90. The number of carbonyl (C=O) groups is 2. The number of carbonyl (C=O) groups excluding carboxylic acids is 2. The van der Waals surface area contributed by atoms with Crippen LogP contribution in [-0.4, -0.2) is 35.5 Å². The first-order valence-electron chi connectivity index (χ1n) is 7.61. The maximum absolute atomic E-state index is 12.2. The van der Waals surface area contributed by atoms with Gasteiger partial charge in [-0.25, -0.2) is 0 Å². The van der Waals surface area contributed by atoms with Gasteiger partial charge in [-0.1, -0.05) is 18.5 Å². The molecular weight excluding hydrogens is 294 g/mol. The molecule has 6 heteroatoms. The summed E-state index contributed by atoms with van der Waals surface area (Å²) in [5.41, 5.74) is 1.02. The third kappa shape index (κ3) is 4.42. The third-order valence-corrected chi connectivity index (χ3v) is 3.46. The van der Waals surface area contributed by atoms with Crippen LogP contribution in [0.3, 0.4) is 0 Å². The Labute approximate surface area is 135 Å². The molecule has 0 radical (unpaired) electrons. The highest BCUT2D eigenvalue weighted by Gasteiger charge is 2.13. The third-order valence-electron chi connectivity index (χ3n) is 3.46. The molecule has 0 aliphatic rings. The van der Waals surface area contributed by atoms with E-state index >= 15 is 0 Å². The van der Waals surface area contributed by atoms with Crippen LogP contribution in [0.1, 0.15) is 46.2 Å². The number of aryl methyl sites for hydroxylation is 1. The van der Waals surface area contributed by atoms with Gasteiger partial charge in [0, 0.05) is 30.8 Å². The Balaban J connectivity index is 2.01. The van der Waals surface area contributed by atoms with E-state index in [1.807, 2.05) is 0 Å². The molecule has 0 fully saturated rings. The van der Waals surface area contributed by atoms with E-state index < -0.39 is 0 Å². The van der Waals surface area contributed by atoms with Gasteiger partial charge in [0.15, 0.2) is 5.82 Å². The summed E-state index contributed by atoms with van der Waals surface area (Å²) in [7, 11) is 1.78. The summed E-state index contributed by atoms with van der Waals surface area (Å²) >= 11 is 0. The molecule has 23 heavy (non-hydrogen) atoms. The highest BCUT2D eigenvalue weighted by molar-refractivity contribution is 6.04. The molecule has 2 amide bonds. The predicted octanol–water partition coefficient (Wildman–Crippen LogP) is 3.11. The van der Waals surface area contributed by atoms with Gasteiger partial charge < -0.3 is 14.7 Å². The van der Waals surface area contributed by atoms with Crippen molar-refractivity contribution < 1.29 is 14.1 Å². The normalized spacial score (nSPS) is 10.4. The van der Waals surface area contributed by atoms with Crippen molar-refractivity contribution in [2.45, 2.75) is 26.7 Å². The smallest absolute Gasteiger partial charge is 0.256 e. The number of unbranched alkanes of at least 4 members (excludes halogenated alkanes) is 1. The fourth-order valence-corrected chi connectivity index (χ4v) is 2.10. The van der Waals surface area contributed by atoms with Crippen LogP contribution in [-0.2, 0) is 0 Å². The van der Waals surface area contributed by atoms with Crippen LogP contribution in [0, 0.1) is 6.92 Å². The number of nitrogens with one attached hydrogen (secondary N) is 1. The van der Waals surface area contributed by atoms with E-state index in [9.17, 15) is 9.59 Å². The average molecular weight is 315 g/mol. The maximum Gasteiger partial charge on any atom is 0.256 e. The molecule has 0 aliphatic heterocycles. The summed E-state index contributed by atoms with van der Waals surface area (Å²) in [5, 5.41) is 6.35. The molecule has 1 N–H and O–H groups in total. The standard InChI is InChI=1S/C17H21N3O3/c1-4-5-10-20(3)17(22)14-8-6-13(7-9-14)16(21)18-15-11-12(2)23-19-15/h6-9,11H,4-5,10H2,1-3H3,(H,18,19,21). The Hall–Kier alpha value is -2.63. The minimum absolute atomic E-state index is 0.0439. The van der Waals surface area contributed by atoms with Crippen molar-refractivity contribution in [2.75, 3.05) is 18.9 Å². The number of hydrogen-bond acceptors (Lipinski definition) is 4. The summed E-state index contributed by atoms with van der Waals surface area (Å²) in [6, 6.07) is 8.21. The number of anilines is 1. The van der Waals surface area contributed by atoms with Gasteiger partial charge in [0.25, 0.3) is 11.8 Å². The van der Waals surface area contributed by atoms with Gasteiger partial charge in [-0.2, -0.15) is 0 Å². The molecule has 6 nitrogen and oxygen atoms in total. The lowest BCUT2D eigenvalue weighted by molar-refractivity contribution is 0.0792. The van der Waals surface area contributed by atoms with Crippen LogP contribution in [0.15, 0.2) is 34.9 Å². The molecule has 1 aromatic carbocycles. The van der Waals surface area contributed by atoms with E-state index in [1.165, 1.54) is 0 Å². The van der Waals surface area contributed by atoms with Crippen molar-refractivity contribution in [1.82, 2.24) is 10.1 Å². The van der Waals surface area contributed by atoms with E-state index in [1.54, 1.807) is 49.2 Å². The van der Waals surface area contributed by atoms with Crippen LogP contribution in [0.25, 0.3) is 0 Å². The second-order valence-electron chi connectivity index (χ2n) is 5.43. The number of amides is 2. The maximum atomic E-state index is 12.2. The highest BCUT2D eigenvalue weighted by Crippen LogP contribution is 2.12. The lowest BCUT2D eigenvalue weighted by Gasteiger charge is -2.16. The zero-order chi connectivity index (χ0) is 16.8. The number of rotatable bonds is 6. The molecule has 0 saturated carbocycles. The Morgan fingerprint density at radius 3 is 2.43 bits per heavy atom. The van der Waals surface area contributed by atoms with Crippen LogP contribution in [0.5, 0.6) is 0 Å². The van der Waals surface area contributed by atoms with E-state index in [0.29, 0.717) is 22.7 Å². The van der Waals surface area contributed by atoms with Gasteiger partial charge >= 0.3 is 0 Å². The Kier molecular flexibility index (Phi) is 5.51. The molecule has 1 aromatic heterocycles. The molecule has 0 aliphatic carbocycles. The van der Waals surface area contributed by atoms with E-state index in [2.05, 4.69) is 17.4 Å². The van der Waals surface area contributed by atoms with Crippen LogP contribution in [0.4, 0.5) is 5.82 Å². The van der Waals surface area contributed by atoms with Crippen LogP contribution >= 0.6 is 0 Å². The van der Waals surface area contributed by atoms with Crippen molar-refractivity contribution in [2.24, 2.45) is 0 Å².